The molecule has 2 aliphatic rings. The van der Waals surface area contributed by atoms with Gasteiger partial charge in [0, 0.05) is 36.4 Å². The van der Waals surface area contributed by atoms with Crippen LogP contribution < -0.4 is 5.32 Å². The van der Waals surface area contributed by atoms with Crippen LogP contribution >= 0.6 is 15.9 Å². The topological polar surface area (TPSA) is 109 Å². The van der Waals surface area contributed by atoms with E-state index in [-0.39, 0.29) is 21.3 Å². The van der Waals surface area contributed by atoms with Gasteiger partial charge in [-0.2, -0.15) is 0 Å². The monoisotopic (exact) mass is 555 g/mol. The number of carbonyl (C=O) groups excluding carboxylic acids is 2. The zero-order valence-electron chi connectivity index (χ0n) is 18.3. The Hall–Kier alpha value is -3.22. The highest BCUT2D eigenvalue weighted by atomic mass is 79.9. The molecule has 0 bridgehead atoms. The zero-order valence-corrected chi connectivity index (χ0v) is 19.9. The van der Waals surface area contributed by atoms with Gasteiger partial charge in [0.1, 0.15) is 17.5 Å². The van der Waals surface area contributed by atoms with Gasteiger partial charge >= 0.3 is 0 Å². The Morgan fingerprint density at radius 2 is 1.83 bits per heavy atom. The minimum Gasteiger partial charge on any atom is -0.369 e. The maximum Gasteiger partial charge on any atom is 0.294 e. The number of rotatable bonds is 5. The molecule has 1 unspecified atom stereocenters. The number of halogens is 4. The molecule has 4 rings (SSSR count). The van der Waals surface area contributed by atoms with E-state index in [1.165, 1.54) is 6.07 Å². The fourth-order valence-corrected chi connectivity index (χ4v) is 4.74. The number of pyridine rings is 1. The average molecular weight is 556 g/mol. The Bertz CT molecular complexity index is 1180. The first-order valence-electron chi connectivity index (χ1n) is 10.9. The Labute approximate surface area is 206 Å². The minimum atomic E-state index is -3.48. The molecule has 0 saturated carbocycles. The molecule has 9 nitrogen and oxygen atoms in total. The van der Waals surface area contributed by atoms with Gasteiger partial charge < -0.3 is 15.1 Å². The quantitative estimate of drug-likeness (QED) is 0.439. The number of nitrogens with zero attached hydrogens (tertiary/aromatic N) is 4. The summed E-state index contributed by atoms with van der Waals surface area (Å²) < 4.78 is 43.7. The molecule has 2 aromatic rings. The number of likely N-dealkylation sites (tertiary alicyclic amines) is 2. The maximum absolute atomic E-state index is 15.0. The molecule has 13 heteroatoms. The summed E-state index contributed by atoms with van der Waals surface area (Å²) in [5.41, 5.74) is -1.19. The normalized spacial score (nSPS) is 19.5. The van der Waals surface area contributed by atoms with Gasteiger partial charge in [0.2, 0.25) is 0 Å². The second kappa shape index (κ2) is 9.80. The summed E-state index contributed by atoms with van der Waals surface area (Å²) in [6.45, 7) is -0.586. The summed E-state index contributed by atoms with van der Waals surface area (Å²) in [6.07, 6.45) is 4.45. The van der Waals surface area contributed by atoms with Crippen LogP contribution in [0.1, 0.15) is 40.0 Å². The molecule has 1 aromatic heterocycles. The van der Waals surface area contributed by atoms with Crippen molar-refractivity contribution in [2.75, 3.05) is 31.5 Å². The maximum atomic E-state index is 15.0. The van der Waals surface area contributed by atoms with Crippen LogP contribution in [0.2, 0.25) is 0 Å². The summed E-state index contributed by atoms with van der Waals surface area (Å²) in [4.78, 5) is 42.8. The van der Waals surface area contributed by atoms with Gasteiger partial charge in [0.25, 0.3) is 23.4 Å². The van der Waals surface area contributed by atoms with Crippen molar-refractivity contribution in [2.45, 2.75) is 31.2 Å². The predicted octanol–water partition coefficient (Wildman–Crippen LogP) is 4.09. The first-order chi connectivity index (χ1) is 16.6. The number of nitrogens with one attached hydrogen (secondary N) is 1. The van der Waals surface area contributed by atoms with Crippen LogP contribution in [0.15, 0.2) is 35.1 Å². The molecule has 1 N–H and O–H groups in total. The fraction of sp³-hybridized carbons (Fsp3) is 0.409. The van der Waals surface area contributed by atoms with Gasteiger partial charge in [-0.3, -0.25) is 24.7 Å². The Kier molecular flexibility index (Phi) is 6.97. The molecule has 0 radical (unpaired) electrons. The van der Waals surface area contributed by atoms with E-state index in [0.29, 0.717) is 13.1 Å². The van der Waals surface area contributed by atoms with Crippen molar-refractivity contribution >= 4 is 39.1 Å². The van der Waals surface area contributed by atoms with Crippen molar-refractivity contribution in [3.05, 3.63) is 62.1 Å². The van der Waals surface area contributed by atoms with Crippen molar-refractivity contribution in [3.63, 3.8) is 0 Å². The van der Waals surface area contributed by atoms with E-state index in [0.717, 1.165) is 48.7 Å². The third-order valence-electron chi connectivity index (χ3n) is 6.02. The number of hydrogen-bond acceptors (Lipinski definition) is 6. The van der Waals surface area contributed by atoms with E-state index in [4.69, 9.17) is 0 Å². The van der Waals surface area contributed by atoms with Gasteiger partial charge in [-0.15, -0.1) is 0 Å². The second-order valence-electron chi connectivity index (χ2n) is 8.49. The van der Waals surface area contributed by atoms with E-state index >= 15 is 0 Å². The van der Waals surface area contributed by atoms with E-state index in [9.17, 15) is 32.9 Å². The molecule has 35 heavy (non-hydrogen) atoms. The third kappa shape index (κ3) is 5.24. The molecule has 3 heterocycles. The minimum absolute atomic E-state index is 0.108. The molecule has 2 saturated heterocycles. The van der Waals surface area contributed by atoms with Crippen molar-refractivity contribution in [2.24, 2.45) is 0 Å². The van der Waals surface area contributed by atoms with Crippen LogP contribution in [0.4, 0.5) is 24.5 Å². The van der Waals surface area contributed by atoms with Gasteiger partial charge in [0.05, 0.1) is 28.8 Å². The van der Waals surface area contributed by atoms with Crippen LogP contribution in [0.25, 0.3) is 0 Å². The van der Waals surface area contributed by atoms with Gasteiger partial charge in [0.15, 0.2) is 0 Å². The van der Waals surface area contributed by atoms with Crippen LogP contribution in [-0.4, -0.2) is 69.7 Å². The summed E-state index contributed by atoms with van der Waals surface area (Å²) in [6, 6.07) is 1.66. The SMILES string of the molecule is O=C(c1cncc(F)c1)N1CC(Nc2c(C(=O)N3CCCCC3)cc(Br)cc2[N+](=O)[O-])C(F)(F)C1. The highest BCUT2D eigenvalue weighted by Crippen LogP contribution is 2.38. The number of anilines is 1. The molecule has 186 valence electrons. The molecule has 0 aliphatic carbocycles. The number of benzene rings is 1. The lowest BCUT2D eigenvalue weighted by atomic mass is 10.1. The number of carbonyl (C=O) groups is 2. The lowest BCUT2D eigenvalue weighted by Gasteiger charge is -2.28. The average Bonchev–Trinajstić information content (AvgIpc) is 3.13. The molecule has 0 spiro atoms. The number of alkyl halides is 2. The van der Waals surface area contributed by atoms with E-state index in [2.05, 4.69) is 26.2 Å². The molecule has 1 aromatic carbocycles. The van der Waals surface area contributed by atoms with Crippen molar-refractivity contribution in [1.29, 1.82) is 0 Å². The van der Waals surface area contributed by atoms with Crippen molar-refractivity contribution < 1.29 is 27.7 Å². The van der Waals surface area contributed by atoms with Crippen molar-refractivity contribution in [1.82, 2.24) is 14.8 Å². The summed E-state index contributed by atoms with van der Waals surface area (Å²) >= 11 is 3.16. The number of aromatic nitrogens is 1. The lowest BCUT2D eigenvalue weighted by molar-refractivity contribution is -0.384. The fourth-order valence-electron chi connectivity index (χ4n) is 4.30. The van der Waals surface area contributed by atoms with Crippen molar-refractivity contribution in [3.8, 4) is 0 Å². The zero-order chi connectivity index (χ0) is 25.3. The number of nitro groups is 1. The van der Waals surface area contributed by atoms with Gasteiger partial charge in [-0.25, -0.2) is 13.2 Å². The summed E-state index contributed by atoms with van der Waals surface area (Å²) in [5.74, 6) is -5.63. The highest BCUT2D eigenvalue weighted by molar-refractivity contribution is 9.10. The third-order valence-corrected chi connectivity index (χ3v) is 6.48. The molecule has 2 fully saturated rings. The van der Waals surface area contributed by atoms with Crippen LogP contribution in [0.3, 0.4) is 0 Å². The Morgan fingerprint density at radius 3 is 2.49 bits per heavy atom. The number of amides is 2. The summed E-state index contributed by atoms with van der Waals surface area (Å²) in [7, 11) is 0. The van der Waals surface area contributed by atoms with E-state index < -0.39 is 53.3 Å². The lowest BCUT2D eigenvalue weighted by Crippen LogP contribution is -2.40. The Morgan fingerprint density at radius 1 is 1.11 bits per heavy atom. The van der Waals surface area contributed by atoms with E-state index in [1.54, 1.807) is 4.90 Å². The Balaban J connectivity index is 1.66. The first-order valence-corrected chi connectivity index (χ1v) is 11.7. The second-order valence-corrected chi connectivity index (χ2v) is 9.41. The van der Waals surface area contributed by atoms with Crippen LogP contribution in [-0.2, 0) is 0 Å². The standard InChI is InChI=1S/C22H21BrF3N5O4/c23-14-7-16(21(33)29-4-2-1-3-5-29)19(17(8-14)31(34)35)28-18-11-30(12-22(18,25)26)20(32)13-6-15(24)10-27-9-13/h6-10,18,28H,1-5,11-12H2. The van der Waals surface area contributed by atoms with Crippen LogP contribution in [0, 0.1) is 15.9 Å². The summed E-state index contributed by atoms with van der Waals surface area (Å²) in [5, 5.41) is 14.3. The molecular formula is C22H21BrF3N5O4. The predicted molar refractivity (Wildman–Crippen MR) is 123 cm³/mol. The molecular weight excluding hydrogens is 535 g/mol. The first kappa shape index (κ1) is 24.9. The number of hydrogen-bond donors (Lipinski definition) is 1. The molecule has 1 atom stereocenters. The number of piperidine rings is 1. The highest BCUT2D eigenvalue weighted by Gasteiger charge is 2.50. The molecule has 2 aliphatic heterocycles. The molecule has 2 amide bonds. The van der Waals surface area contributed by atoms with Crippen LogP contribution in [0.5, 0.6) is 0 Å². The largest absolute Gasteiger partial charge is 0.369 e. The van der Waals surface area contributed by atoms with Gasteiger partial charge in [-0.05, 0) is 31.4 Å². The number of nitro benzene ring substituents is 1. The van der Waals surface area contributed by atoms with Gasteiger partial charge in [-0.1, -0.05) is 15.9 Å². The van der Waals surface area contributed by atoms with E-state index in [1.807, 2.05) is 0 Å². The smallest absolute Gasteiger partial charge is 0.294 e.